The number of nitrogens with one attached hydrogen (secondary N) is 2. The van der Waals surface area contributed by atoms with E-state index in [9.17, 15) is 14.0 Å². The maximum Gasteiger partial charge on any atom is 0.408 e. The molecule has 2 amide bonds. The predicted molar refractivity (Wildman–Crippen MR) is 168 cm³/mol. The standard InChI is InChI=1S/C34H36FN5O4/c1-34(2,3)44-33(42)36-24(18-35)19-40-14-13-22-16-28-26(17-25(22)32(40)41)38-31(39(28)4)27-15-23-11-8-12-29(30(23)37-27)43-20-21-9-6-5-7-10-21/h5-12,15-17,24,37H,13-14,18-20H2,1-4H3,(H,36,42)/t24-/m1/s1. The topological polar surface area (TPSA) is 101 Å². The van der Waals surface area contributed by atoms with Gasteiger partial charge in [-0.25, -0.2) is 14.2 Å². The number of ether oxygens (including phenoxy) is 2. The van der Waals surface area contributed by atoms with Crippen molar-refractivity contribution in [2.24, 2.45) is 7.05 Å². The van der Waals surface area contributed by atoms with E-state index in [0.717, 1.165) is 44.8 Å². The van der Waals surface area contributed by atoms with Crippen LogP contribution in [0.5, 0.6) is 5.75 Å². The molecule has 0 fully saturated rings. The highest BCUT2D eigenvalue weighted by Crippen LogP contribution is 2.33. The fourth-order valence-corrected chi connectivity index (χ4v) is 5.61. The molecule has 0 spiro atoms. The molecule has 0 unspecified atom stereocenters. The second-order valence-corrected chi connectivity index (χ2v) is 12.2. The van der Waals surface area contributed by atoms with Crippen molar-refractivity contribution < 1.29 is 23.5 Å². The molecule has 2 aromatic heterocycles. The maximum atomic E-state index is 13.8. The minimum atomic E-state index is -0.871. The van der Waals surface area contributed by atoms with E-state index < -0.39 is 24.4 Å². The summed E-state index contributed by atoms with van der Waals surface area (Å²) in [4.78, 5) is 35.7. The summed E-state index contributed by atoms with van der Waals surface area (Å²) in [6.45, 7) is 5.32. The molecule has 0 saturated carbocycles. The number of carbonyl (C=O) groups is 2. The van der Waals surface area contributed by atoms with Crippen molar-refractivity contribution in [3.05, 3.63) is 83.4 Å². The summed E-state index contributed by atoms with van der Waals surface area (Å²) in [5, 5.41) is 3.55. The molecule has 9 nitrogen and oxygen atoms in total. The summed E-state index contributed by atoms with van der Waals surface area (Å²) >= 11 is 0. The Kier molecular flexibility index (Phi) is 7.75. The van der Waals surface area contributed by atoms with Crippen molar-refractivity contribution in [3.8, 4) is 17.3 Å². The molecule has 0 aliphatic carbocycles. The molecule has 44 heavy (non-hydrogen) atoms. The van der Waals surface area contributed by atoms with Gasteiger partial charge in [-0.15, -0.1) is 0 Å². The number of hydrogen-bond donors (Lipinski definition) is 2. The van der Waals surface area contributed by atoms with Gasteiger partial charge in [0.25, 0.3) is 5.91 Å². The highest BCUT2D eigenvalue weighted by Gasteiger charge is 2.29. The molecule has 1 atom stereocenters. The third-order valence-corrected chi connectivity index (χ3v) is 7.72. The van der Waals surface area contributed by atoms with Crippen LogP contribution in [-0.2, 0) is 24.8 Å². The lowest BCUT2D eigenvalue weighted by molar-refractivity contribution is 0.0466. The number of halogens is 1. The fraction of sp³-hybridized carbons (Fsp3) is 0.324. The van der Waals surface area contributed by atoms with Gasteiger partial charge in [0.15, 0.2) is 5.82 Å². The van der Waals surface area contributed by atoms with Gasteiger partial charge in [-0.05, 0) is 62.6 Å². The molecule has 6 rings (SSSR count). The Morgan fingerprint density at radius 1 is 1.11 bits per heavy atom. The average Bonchev–Trinajstić information content (AvgIpc) is 3.57. The van der Waals surface area contributed by atoms with Gasteiger partial charge in [-0.3, -0.25) is 4.79 Å². The van der Waals surface area contributed by atoms with Crippen LogP contribution in [0.15, 0.2) is 66.7 Å². The van der Waals surface area contributed by atoms with Crippen LogP contribution in [0.4, 0.5) is 9.18 Å². The molecule has 5 aromatic rings. The maximum absolute atomic E-state index is 13.8. The Morgan fingerprint density at radius 2 is 1.91 bits per heavy atom. The monoisotopic (exact) mass is 597 g/mol. The lowest BCUT2D eigenvalue weighted by atomic mass is 9.97. The number of aryl methyl sites for hydroxylation is 1. The molecule has 0 saturated heterocycles. The van der Waals surface area contributed by atoms with E-state index in [1.54, 1.807) is 25.7 Å². The first kappa shape index (κ1) is 29.2. The van der Waals surface area contributed by atoms with Crippen LogP contribution in [0.2, 0.25) is 0 Å². The predicted octanol–water partition coefficient (Wildman–Crippen LogP) is 6.16. The molecule has 3 heterocycles. The molecule has 228 valence electrons. The Bertz CT molecular complexity index is 1840. The van der Waals surface area contributed by atoms with E-state index in [1.165, 1.54) is 0 Å². The molecule has 3 aromatic carbocycles. The summed E-state index contributed by atoms with van der Waals surface area (Å²) in [5.74, 6) is 1.27. The number of hydrogen-bond acceptors (Lipinski definition) is 5. The highest BCUT2D eigenvalue weighted by molar-refractivity contribution is 6.01. The minimum Gasteiger partial charge on any atom is -0.487 e. The van der Waals surface area contributed by atoms with Crippen molar-refractivity contribution in [2.75, 3.05) is 19.8 Å². The number of imidazole rings is 1. The number of aromatic amines is 1. The fourth-order valence-electron chi connectivity index (χ4n) is 5.61. The first-order valence-corrected chi connectivity index (χ1v) is 14.7. The lowest BCUT2D eigenvalue weighted by Crippen LogP contribution is -2.50. The van der Waals surface area contributed by atoms with Crippen LogP contribution in [0.3, 0.4) is 0 Å². The van der Waals surface area contributed by atoms with Crippen molar-refractivity contribution in [1.82, 2.24) is 24.8 Å². The SMILES string of the molecule is Cn1c(-c2cc3cccc(OCc4ccccc4)c3[nH]2)nc2cc3c(cc21)CCN(C[C@@H](CF)NC(=O)OC(C)(C)C)C3=O. The van der Waals surface area contributed by atoms with Crippen LogP contribution >= 0.6 is 0 Å². The van der Waals surface area contributed by atoms with Crippen LogP contribution in [0.25, 0.3) is 33.5 Å². The van der Waals surface area contributed by atoms with E-state index in [2.05, 4.69) is 10.3 Å². The van der Waals surface area contributed by atoms with Crippen LogP contribution < -0.4 is 10.1 Å². The Hall–Kier alpha value is -4.86. The van der Waals surface area contributed by atoms with E-state index in [0.29, 0.717) is 30.7 Å². The summed E-state index contributed by atoms with van der Waals surface area (Å²) in [6.07, 6.45) is -0.100. The number of fused-ring (bicyclic) bond motifs is 3. The van der Waals surface area contributed by atoms with E-state index >= 15 is 0 Å². The normalized spacial score (nSPS) is 14.1. The third kappa shape index (κ3) is 5.97. The molecule has 0 radical (unpaired) electrons. The highest BCUT2D eigenvalue weighted by atomic mass is 19.1. The summed E-state index contributed by atoms with van der Waals surface area (Å²) < 4.78 is 27.3. The van der Waals surface area contributed by atoms with Crippen molar-refractivity contribution in [1.29, 1.82) is 0 Å². The number of benzene rings is 3. The quantitative estimate of drug-likeness (QED) is 0.223. The number of rotatable bonds is 8. The minimum absolute atomic E-state index is 0.0449. The van der Waals surface area contributed by atoms with Gasteiger partial charge < -0.3 is 29.2 Å². The van der Waals surface area contributed by atoms with Gasteiger partial charge in [-0.2, -0.15) is 0 Å². The number of para-hydroxylation sites is 1. The Balaban J connectivity index is 1.24. The van der Waals surface area contributed by atoms with Gasteiger partial charge in [-0.1, -0.05) is 42.5 Å². The zero-order chi connectivity index (χ0) is 31.0. The van der Waals surface area contributed by atoms with Gasteiger partial charge in [0.2, 0.25) is 0 Å². The summed E-state index contributed by atoms with van der Waals surface area (Å²) in [5.41, 5.74) is 5.15. The number of alkyl halides is 1. The van der Waals surface area contributed by atoms with Gasteiger partial charge >= 0.3 is 6.09 Å². The van der Waals surface area contributed by atoms with E-state index in [-0.39, 0.29) is 12.5 Å². The van der Waals surface area contributed by atoms with Crippen LogP contribution in [0, 0.1) is 0 Å². The number of nitrogens with zero attached hydrogens (tertiary/aromatic N) is 3. The molecule has 1 aliphatic rings. The van der Waals surface area contributed by atoms with Crippen LogP contribution in [0.1, 0.15) is 42.3 Å². The number of alkyl carbamates (subject to hydrolysis) is 1. The molecule has 1 aliphatic heterocycles. The molecular weight excluding hydrogens is 561 g/mol. The summed E-state index contributed by atoms with van der Waals surface area (Å²) in [7, 11) is 1.96. The number of aromatic nitrogens is 3. The van der Waals surface area contributed by atoms with Crippen molar-refractivity contribution in [2.45, 2.75) is 45.4 Å². The summed E-state index contributed by atoms with van der Waals surface area (Å²) in [6, 6.07) is 21.0. The molecule has 10 heteroatoms. The number of H-pyrrole nitrogens is 1. The largest absolute Gasteiger partial charge is 0.487 e. The zero-order valence-electron chi connectivity index (χ0n) is 25.3. The second kappa shape index (κ2) is 11.7. The molecule has 0 bridgehead atoms. The molecule has 2 N–H and O–H groups in total. The third-order valence-electron chi connectivity index (χ3n) is 7.72. The Labute approximate surface area is 255 Å². The van der Waals surface area contributed by atoms with Crippen LogP contribution in [-0.4, -0.2) is 62.8 Å². The van der Waals surface area contributed by atoms with E-state index in [1.807, 2.05) is 78.3 Å². The first-order valence-electron chi connectivity index (χ1n) is 14.7. The van der Waals surface area contributed by atoms with E-state index in [4.69, 9.17) is 14.5 Å². The average molecular weight is 598 g/mol. The van der Waals surface area contributed by atoms with Gasteiger partial charge in [0, 0.05) is 31.1 Å². The zero-order valence-corrected chi connectivity index (χ0v) is 25.3. The van der Waals surface area contributed by atoms with Gasteiger partial charge in [0.1, 0.15) is 24.6 Å². The lowest BCUT2D eigenvalue weighted by Gasteiger charge is -2.31. The van der Waals surface area contributed by atoms with Crippen molar-refractivity contribution >= 4 is 33.9 Å². The Morgan fingerprint density at radius 3 is 2.66 bits per heavy atom. The number of amides is 2. The first-order chi connectivity index (χ1) is 21.1. The van der Waals surface area contributed by atoms with Crippen molar-refractivity contribution in [3.63, 3.8) is 0 Å². The smallest absolute Gasteiger partial charge is 0.408 e. The molecular formula is C34H36FN5O4. The number of carbonyl (C=O) groups excluding carboxylic acids is 2. The second-order valence-electron chi connectivity index (χ2n) is 12.2. The van der Waals surface area contributed by atoms with Gasteiger partial charge in [0.05, 0.1) is 28.3 Å².